The van der Waals surface area contributed by atoms with Crippen molar-refractivity contribution in [1.82, 2.24) is 10.2 Å². The lowest BCUT2D eigenvalue weighted by Gasteiger charge is -2.35. The summed E-state index contributed by atoms with van der Waals surface area (Å²) in [5, 5.41) is 5.04. The molecule has 1 aliphatic heterocycles. The second kappa shape index (κ2) is 8.31. The van der Waals surface area contributed by atoms with Crippen molar-refractivity contribution < 1.29 is 9.53 Å². The van der Waals surface area contributed by atoms with Crippen molar-refractivity contribution >= 4 is 17.2 Å². The maximum atomic E-state index is 12.3. The number of likely N-dealkylation sites (tertiary alicyclic amines) is 1. The van der Waals surface area contributed by atoms with E-state index in [1.54, 1.807) is 7.11 Å². The molecule has 0 radical (unpaired) electrons. The molecular formula is C19H24N2O2S. The molecule has 2 aromatic rings. The minimum absolute atomic E-state index is 0.0144. The zero-order valence-electron chi connectivity index (χ0n) is 14.0. The number of nitrogens with one attached hydrogen (secondary N) is 1. The van der Waals surface area contributed by atoms with Crippen molar-refractivity contribution in [3.8, 4) is 5.75 Å². The van der Waals surface area contributed by atoms with Crippen LogP contribution < -0.4 is 10.1 Å². The summed E-state index contributed by atoms with van der Waals surface area (Å²) in [6.45, 7) is 2.81. The van der Waals surface area contributed by atoms with Gasteiger partial charge < -0.3 is 10.1 Å². The van der Waals surface area contributed by atoms with Gasteiger partial charge in [-0.1, -0.05) is 24.6 Å². The minimum atomic E-state index is 0.0144. The second-order valence-electron chi connectivity index (χ2n) is 6.07. The van der Waals surface area contributed by atoms with E-state index in [4.69, 9.17) is 4.74 Å². The number of methoxy groups -OCH3 is 1. The highest BCUT2D eigenvalue weighted by atomic mass is 32.1. The van der Waals surface area contributed by atoms with Gasteiger partial charge >= 0.3 is 0 Å². The number of amides is 1. The molecule has 5 heteroatoms. The van der Waals surface area contributed by atoms with Crippen LogP contribution in [0.4, 0.5) is 0 Å². The van der Waals surface area contributed by atoms with Crippen LogP contribution in [0.2, 0.25) is 0 Å². The first-order chi connectivity index (χ1) is 11.8. The molecular weight excluding hydrogens is 320 g/mol. The summed E-state index contributed by atoms with van der Waals surface area (Å²) < 4.78 is 5.26. The fraction of sp³-hybridized carbons (Fsp3) is 0.421. The highest BCUT2D eigenvalue weighted by molar-refractivity contribution is 7.12. The van der Waals surface area contributed by atoms with Crippen LogP contribution in [0.5, 0.6) is 5.75 Å². The molecule has 1 aliphatic rings. The Kier molecular flexibility index (Phi) is 5.88. The van der Waals surface area contributed by atoms with E-state index in [1.165, 1.54) is 36.2 Å². The van der Waals surface area contributed by atoms with Crippen molar-refractivity contribution in [3.05, 3.63) is 52.2 Å². The summed E-state index contributed by atoms with van der Waals surface area (Å²) in [5.41, 5.74) is 1.23. The number of hydrogen-bond acceptors (Lipinski definition) is 4. The molecule has 1 fully saturated rings. The Bertz CT molecular complexity index is 634. The lowest BCUT2D eigenvalue weighted by molar-refractivity contribution is 0.0928. The molecule has 1 aromatic heterocycles. The topological polar surface area (TPSA) is 41.6 Å². The van der Waals surface area contributed by atoms with Crippen LogP contribution in [-0.4, -0.2) is 37.6 Å². The first-order valence-corrected chi connectivity index (χ1v) is 9.35. The fourth-order valence-corrected chi connectivity index (χ4v) is 3.84. The highest BCUT2D eigenvalue weighted by Gasteiger charge is 2.23. The third kappa shape index (κ3) is 4.16. The van der Waals surface area contributed by atoms with E-state index < -0.39 is 0 Å². The number of hydrogen-bond donors (Lipinski definition) is 1. The summed E-state index contributed by atoms with van der Waals surface area (Å²) in [6, 6.07) is 12.2. The Balaban J connectivity index is 1.72. The van der Waals surface area contributed by atoms with E-state index in [-0.39, 0.29) is 11.9 Å². The lowest BCUT2D eigenvalue weighted by atomic mass is 10.0. The van der Waals surface area contributed by atoms with Gasteiger partial charge in [0.05, 0.1) is 18.0 Å². The molecule has 0 aliphatic carbocycles. The Morgan fingerprint density at radius 2 is 1.96 bits per heavy atom. The summed E-state index contributed by atoms with van der Waals surface area (Å²) in [6.07, 6.45) is 3.75. The number of carbonyl (C=O) groups excluding carboxylic acids is 1. The summed E-state index contributed by atoms with van der Waals surface area (Å²) in [4.78, 5) is 15.5. The van der Waals surface area contributed by atoms with Crippen LogP contribution in [0, 0.1) is 0 Å². The molecule has 1 saturated heterocycles. The van der Waals surface area contributed by atoms with Crippen LogP contribution in [0.3, 0.4) is 0 Å². The average Bonchev–Trinajstić information content (AvgIpc) is 3.18. The van der Waals surface area contributed by atoms with Crippen LogP contribution in [0.15, 0.2) is 41.8 Å². The van der Waals surface area contributed by atoms with Gasteiger partial charge in [-0.2, -0.15) is 0 Å². The van der Waals surface area contributed by atoms with E-state index in [1.807, 2.05) is 29.6 Å². The third-order valence-corrected chi connectivity index (χ3v) is 5.40. The Morgan fingerprint density at radius 1 is 1.21 bits per heavy atom. The molecule has 1 N–H and O–H groups in total. The van der Waals surface area contributed by atoms with Gasteiger partial charge in [0.1, 0.15) is 5.75 Å². The summed E-state index contributed by atoms with van der Waals surface area (Å²) in [7, 11) is 1.68. The van der Waals surface area contributed by atoms with Crippen molar-refractivity contribution in [1.29, 1.82) is 0 Å². The zero-order chi connectivity index (χ0) is 16.8. The summed E-state index contributed by atoms with van der Waals surface area (Å²) in [5.74, 6) is 0.874. The van der Waals surface area contributed by atoms with E-state index in [0.717, 1.165) is 23.7 Å². The number of rotatable bonds is 6. The van der Waals surface area contributed by atoms with Crippen LogP contribution in [0.25, 0.3) is 0 Å². The third-order valence-electron chi connectivity index (χ3n) is 4.53. The lowest BCUT2D eigenvalue weighted by Crippen LogP contribution is -2.40. The normalized spacial score (nSPS) is 16.5. The van der Waals surface area contributed by atoms with Gasteiger partial charge in [-0.05, 0) is 55.1 Å². The van der Waals surface area contributed by atoms with Crippen molar-refractivity contribution in [2.75, 3.05) is 26.7 Å². The standard InChI is InChI=1S/C19H24N2O2S/c1-23-16-9-7-15(8-10-16)17(21-11-3-2-4-12-21)14-20-19(22)18-6-5-13-24-18/h5-10,13,17H,2-4,11-12,14H2,1H3,(H,20,22)/t17-/m1/s1. The minimum Gasteiger partial charge on any atom is -0.497 e. The van der Waals surface area contributed by atoms with Gasteiger partial charge in [0.2, 0.25) is 0 Å². The Morgan fingerprint density at radius 3 is 2.58 bits per heavy atom. The fourth-order valence-electron chi connectivity index (χ4n) is 3.20. The number of benzene rings is 1. The molecule has 0 unspecified atom stereocenters. The molecule has 0 bridgehead atoms. The van der Waals surface area contributed by atoms with Gasteiger partial charge in [0.25, 0.3) is 5.91 Å². The molecule has 4 nitrogen and oxygen atoms in total. The number of thiophene rings is 1. The van der Waals surface area contributed by atoms with Gasteiger partial charge in [-0.3, -0.25) is 9.69 Å². The SMILES string of the molecule is COc1ccc([C@@H](CNC(=O)c2cccs2)N2CCCCC2)cc1. The van der Waals surface area contributed by atoms with E-state index in [0.29, 0.717) is 6.54 Å². The second-order valence-corrected chi connectivity index (χ2v) is 7.02. The predicted octanol–water partition coefficient (Wildman–Crippen LogP) is 3.71. The van der Waals surface area contributed by atoms with Crippen molar-refractivity contribution in [3.63, 3.8) is 0 Å². The van der Waals surface area contributed by atoms with Crippen molar-refractivity contribution in [2.24, 2.45) is 0 Å². The van der Waals surface area contributed by atoms with Gasteiger partial charge in [0, 0.05) is 6.54 Å². The van der Waals surface area contributed by atoms with E-state index in [2.05, 4.69) is 22.3 Å². The number of carbonyl (C=O) groups is 1. The van der Waals surface area contributed by atoms with Gasteiger partial charge in [-0.25, -0.2) is 0 Å². The molecule has 1 atom stereocenters. The first kappa shape index (κ1) is 17.0. The average molecular weight is 344 g/mol. The van der Waals surface area contributed by atoms with Gasteiger partial charge in [0.15, 0.2) is 0 Å². The van der Waals surface area contributed by atoms with Gasteiger partial charge in [-0.15, -0.1) is 11.3 Å². The largest absolute Gasteiger partial charge is 0.497 e. The predicted molar refractivity (Wildman–Crippen MR) is 97.8 cm³/mol. The smallest absolute Gasteiger partial charge is 0.261 e. The molecule has 0 spiro atoms. The summed E-state index contributed by atoms with van der Waals surface area (Å²) >= 11 is 1.48. The van der Waals surface area contributed by atoms with Crippen LogP contribution in [-0.2, 0) is 0 Å². The highest BCUT2D eigenvalue weighted by Crippen LogP contribution is 2.26. The maximum absolute atomic E-state index is 12.3. The molecule has 1 amide bonds. The quantitative estimate of drug-likeness (QED) is 0.868. The van der Waals surface area contributed by atoms with Crippen LogP contribution >= 0.6 is 11.3 Å². The maximum Gasteiger partial charge on any atom is 0.261 e. The molecule has 0 saturated carbocycles. The number of nitrogens with zero attached hydrogens (tertiary/aromatic N) is 1. The number of ether oxygens (including phenoxy) is 1. The molecule has 24 heavy (non-hydrogen) atoms. The van der Waals surface area contributed by atoms with Crippen molar-refractivity contribution in [2.45, 2.75) is 25.3 Å². The Labute approximate surface area is 147 Å². The van der Waals surface area contributed by atoms with Crippen LogP contribution in [0.1, 0.15) is 40.5 Å². The molecule has 2 heterocycles. The van der Waals surface area contributed by atoms with E-state index >= 15 is 0 Å². The number of piperidine rings is 1. The van der Waals surface area contributed by atoms with E-state index in [9.17, 15) is 4.79 Å². The molecule has 1 aromatic carbocycles. The first-order valence-electron chi connectivity index (χ1n) is 8.47. The Hall–Kier alpha value is -1.85. The molecule has 128 valence electrons. The zero-order valence-corrected chi connectivity index (χ0v) is 14.8. The monoisotopic (exact) mass is 344 g/mol. The molecule has 3 rings (SSSR count).